The number of imide groups is 2. The Morgan fingerprint density at radius 1 is 0.969 bits per heavy atom. The molecule has 1 fully saturated rings. The van der Waals surface area contributed by atoms with Crippen LogP contribution in [0.25, 0.3) is 0 Å². The lowest BCUT2D eigenvalue weighted by atomic mass is 10.00. The highest BCUT2D eigenvalue weighted by atomic mass is 16.7. The average Bonchev–Trinajstić information content (AvgIpc) is 3.02. The molecule has 1 N–H and O–H groups in total. The average molecular weight is 448 g/mol. The van der Waals surface area contributed by atoms with Crippen LogP contribution in [0.4, 0.5) is 0 Å². The SMILES string of the molecule is CCC(=O)N(C=O)OC(=O)Cc1cc(CC(=O)O)cc(CC(=O)ON2C(=O)CCC2=O)c1. The van der Waals surface area contributed by atoms with Crippen molar-refractivity contribution in [2.75, 3.05) is 0 Å². The molecular weight excluding hydrogens is 428 g/mol. The van der Waals surface area contributed by atoms with Gasteiger partial charge in [0, 0.05) is 19.3 Å². The highest BCUT2D eigenvalue weighted by Gasteiger charge is 2.32. The number of aliphatic carboxylic acids is 1. The number of carboxylic acid groups (broad SMARTS) is 1. The van der Waals surface area contributed by atoms with Crippen molar-refractivity contribution in [2.45, 2.75) is 45.4 Å². The largest absolute Gasteiger partial charge is 0.481 e. The summed E-state index contributed by atoms with van der Waals surface area (Å²) in [5, 5.41) is 9.70. The lowest BCUT2D eigenvalue weighted by Gasteiger charge is -2.15. The van der Waals surface area contributed by atoms with E-state index in [0.29, 0.717) is 5.06 Å². The molecule has 0 saturated carbocycles. The van der Waals surface area contributed by atoms with Gasteiger partial charge in [-0.05, 0) is 16.7 Å². The fourth-order valence-corrected chi connectivity index (χ4v) is 2.87. The Morgan fingerprint density at radius 3 is 1.94 bits per heavy atom. The predicted octanol–water partition coefficient (Wildman–Crippen LogP) is -0.141. The van der Waals surface area contributed by atoms with Crippen LogP contribution in [0.2, 0.25) is 0 Å². The van der Waals surface area contributed by atoms with E-state index in [4.69, 9.17) is 14.8 Å². The van der Waals surface area contributed by atoms with Crippen LogP contribution in [0.5, 0.6) is 0 Å². The number of benzene rings is 1. The number of rotatable bonds is 9. The molecule has 2 rings (SSSR count). The van der Waals surface area contributed by atoms with E-state index in [1.54, 1.807) is 0 Å². The molecule has 0 aromatic heterocycles. The summed E-state index contributed by atoms with van der Waals surface area (Å²) in [4.78, 5) is 90.4. The Labute approximate surface area is 181 Å². The summed E-state index contributed by atoms with van der Waals surface area (Å²) in [7, 11) is 0. The summed E-state index contributed by atoms with van der Waals surface area (Å²) in [6.45, 7) is 1.47. The van der Waals surface area contributed by atoms with Gasteiger partial charge in [0.15, 0.2) is 0 Å². The van der Waals surface area contributed by atoms with Crippen molar-refractivity contribution in [1.29, 1.82) is 0 Å². The van der Waals surface area contributed by atoms with Crippen molar-refractivity contribution in [2.24, 2.45) is 0 Å². The minimum absolute atomic E-state index is 0.0486. The molecule has 170 valence electrons. The zero-order valence-electron chi connectivity index (χ0n) is 17.1. The fourth-order valence-electron chi connectivity index (χ4n) is 2.87. The Hall–Kier alpha value is -4.09. The van der Waals surface area contributed by atoms with Crippen molar-refractivity contribution >= 4 is 42.0 Å². The highest BCUT2D eigenvalue weighted by Crippen LogP contribution is 2.16. The Morgan fingerprint density at radius 2 is 1.47 bits per heavy atom. The van der Waals surface area contributed by atoms with Gasteiger partial charge in [-0.3, -0.25) is 24.0 Å². The molecule has 1 aliphatic rings. The van der Waals surface area contributed by atoms with Crippen LogP contribution in [0.15, 0.2) is 18.2 Å². The van der Waals surface area contributed by atoms with Crippen LogP contribution in [0.3, 0.4) is 0 Å². The first-order valence-corrected chi connectivity index (χ1v) is 9.51. The zero-order valence-corrected chi connectivity index (χ0v) is 17.1. The molecule has 32 heavy (non-hydrogen) atoms. The second-order valence-corrected chi connectivity index (χ2v) is 6.77. The first kappa shape index (κ1) is 24.2. The van der Waals surface area contributed by atoms with Gasteiger partial charge >= 0.3 is 17.9 Å². The normalized spacial score (nSPS) is 13.0. The summed E-state index contributed by atoms with van der Waals surface area (Å²) in [5.41, 5.74) is 0.767. The van der Waals surface area contributed by atoms with Gasteiger partial charge in [0.05, 0.1) is 19.3 Å². The molecule has 0 bridgehead atoms. The van der Waals surface area contributed by atoms with Gasteiger partial charge in [-0.15, -0.1) is 10.1 Å². The first-order chi connectivity index (χ1) is 15.1. The van der Waals surface area contributed by atoms with Crippen LogP contribution < -0.4 is 0 Å². The van der Waals surface area contributed by atoms with Gasteiger partial charge in [0.1, 0.15) is 0 Å². The van der Waals surface area contributed by atoms with Crippen LogP contribution in [-0.4, -0.2) is 57.3 Å². The topological polar surface area (TPSA) is 165 Å². The maximum Gasteiger partial charge on any atom is 0.337 e. The number of hydrogen-bond donors (Lipinski definition) is 1. The van der Waals surface area contributed by atoms with E-state index >= 15 is 0 Å². The molecule has 1 aromatic rings. The van der Waals surface area contributed by atoms with Gasteiger partial charge in [-0.25, -0.2) is 9.59 Å². The fraction of sp³-hybridized carbons (Fsp3) is 0.350. The van der Waals surface area contributed by atoms with Gasteiger partial charge < -0.3 is 14.8 Å². The molecule has 0 radical (unpaired) electrons. The van der Waals surface area contributed by atoms with Crippen LogP contribution in [-0.2, 0) is 62.5 Å². The van der Waals surface area contributed by atoms with E-state index in [2.05, 4.69) is 0 Å². The Balaban J connectivity index is 2.15. The smallest absolute Gasteiger partial charge is 0.337 e. The van der Waals surface area contributed by atoms with E-state index in [1.165, 1.54) is 25.1 Å². The Kier molecular flexibility index (Phi) is 8.16. The Bertz CT molecular complexity index is 955. The van der Waals surface area contributed by atoms with Crippen molar-refractivity contribution in [3.8, 4) is 0 Å². The van der Waals surface area contributed by atoms with Crippen molar-refractivity contribution in [3.63, 3.8) is 0 Å². The first-order valence-electron chi connectivity index (χ1n) is 9.51. The summed E-state index contributed by atoms with van der Waals surface area (Å²) in [6, 6.07) is 4.19. The van der Waals surface area contributed by atoms with E-state index < -0.39 is 54.9 Å². The second kappa shape index (κ2) is 10.8. The van der Waals surface area contributed by atoms with Crippen LogP contribution >= 0.6 is 0 Å². The number of nitrogens with zero attached hydrogens (tertiary/aromatic N) is 2. The second-order valence-electron chi connectivity index (χ2n) is 6.77. The molecular formula is C20H20N2O10. The standard InChI is InChI=1S/C20H20N2O10/c1-2-15(24)21(11-23)31-19(29)9-13-5-12(8-18(27)28)6-14(7-13)10-20(30)32-22-16(25)3-4-17(22)26/h5-7,11H,2-4,8-10H2,1H3,(H,27,28). The molecule has 1 saturated heterocycles. The van der Waals surface area contributed by atoms with Gasteiger partial charge in [0.25, 0.3) is 24.1 Å². The number of carboxylic acids is 1. The van der Waals surface area contributed by atoms with Crippen LogP contribution in [0.1, 0.15) is 42.9 Å². The molecule has 0 atom stereocenters. The van der Waals surface area contributed by atoms with E-state index in [-0.39, 0.29) is 47.4 Å². The number of hydrogen-bond acceptors (Lipinski definition) is 9. The summed E-state index contributed by atoms with van der Waals surface area (Å²) < 4.78 is 0. The zero-order chi connectivity index (χ0) is 23.8. The van der Waals surface area contributed by atoms with Crippen molar-refractivity contribution in [3.05, 3.63) is 34.9 Å². The maximum atomic E-state index is 12.2. The third-order valence-corrected chi connectivity index (χ3v) is 4.21. The molecule has 12 heteroatoms. The number of amides is 4. The summed E-state index contributed by atoms with van der Waals surface area (Å²) in [6.07, 6.45) is -1.42. The molecule has 0 spiro atoms. The molecule has 4 amide bonds. The molecule has 1 heterocycles. The number of carbonyl (C=O) groups excluding carboxylic acids is 6. The van der Waals surface area contributed by atoms with E-state index in [1.807, 2.05) is 0 Å². The monoisotopic (exact) mass is 448 g/mol. The van der Waals surface area contributed by atoms with Crippen molar-refractivity contribution < 1.29 is 48.3 Å². The molecule has 12 nitrogen and oxygen atoms in total. The van der Waals surface area contributed by atoms with Gasteiger partial charge in [0.2, 0.25) is 0 Å². The molecule has 1 aromatic carbocycles. The number of hydroxylamine groups is 4. The highest BCUT2D eigenvalue weighted by molar-refractivity contribution is 6.01. The van der Waals surface area contributed by atoms with E-state index in [0.717, 1.165) is 0 Å². The van der Waals surface area contributed by atoms with Gasteiger partial charge in [-0.1, -0.05) is 25.1 Å². The lowest BCUT2D eigenvalue weighted by Crippen LogP contribution is -2.32. The molecule has 1 aliphatic heterocycles. The summed E-state index contributed by atoms with van der Waals surface area (Å²) >= 11 is 0. The minimum atomic E-state index is -1.16. The maximum absolute atomic E-state index is 12.2. The third-order valence-electron chi connectivity index (χ3n) is 4.21. The predicted molar refractivity (Wildman–Crippen MR) is 102 cm³/mol. The number of carbonyl (C=O) groups is 7. The van der Waals surface area contributed by atoms with Crippen molar-refractivity contribution in [1.82, 2.24) is 10.1 Å². The van der Waals surface area contributed by atoms with Crippen LogP contribution in [0, 0.1) is 0 Å². The minimum Gasteiger partial charge on any atom is -0.481 e. The van der Waals surface area contributed by atoms with Gasteiger partial charge in [-0.2, -0.15) is 0 Å². The molecule has 0 unspecified atom stereocenters. The van der Waals surface area contributed by atoms with E-state index in [9.17, 15) is 33.6 Å². The molecule has 0 aliphatic carbocycles. The quantitative estimate of drug-likeness (QED) is 0.305. The third kappa shape index (κ3) is 6.72. The lowest BCUT2D eigenvalue weighted by molar-refractivity contribution is -0.197. The summed E-state index contributed by atoms with van der Waals surface area (Å²) in [5.74, 6) is -5.08.